The minimum atomic E-state index is -2.79. The fourth-order valence-electron chi connectivity index (χ4n) is 2.63. The van der Waals surface area contributed by atoms with Crippen molar-refractivity contribution in [3.8, 4) is 0 Å². The lowest BCUT2D eigenvalue weighted by Gasteiger charge is -2.23. The van der Waals surface area contributed by atoms with E-state index >= 15 is 0 Å². The molecule has 1 aromatic carbocycles. The number of halogens is 4. The van der Waals surface area contributed by atoms with E-state index in [1.165, 1.54) is 13.1 Å². The van der Waals surface area contributed by atoms with E-state index in [0.29, 0.717) is 17.2 Å². The highest BCUT2D eigenvalue weighted by Crippen LogP contribution is 2.33. The minimum Gasteiger partial charge on any atom is -0.472 e. The van der Waals surface area contributed by atoms with Crippen molar-refractivity contribution < 1.29 is 25.4 Å². The van der Waals surface area contributed by atoms with E-state index in [1.807, 2.05) is 0 Å². The van der Waals surface area contributed by atoms with Crippen LogP contribution in [0.4, 0.5) is 13.2 Å². The quantitative estimate of drug-likeness (QED) is 0.712. The number of carbonyl (C=O) groups is 1. The number of pyridine rings is 1. The maximum atomic E-state index is 14.0. The molecule has 4 nitrogen and oxygen atoms in total. The summed E-state index contributed by atoms with van der Waals surface area (Å²) in [5.74, 6) is -5.07. The molecule has 1 aliphatic heterocycles. The number of ketones is 1. The molecule has 0 bridgehead atoms. The number of nitrogens with zero attached hydrogens (tertiary/aromatic N) is 2. The van der Waals surface area contributed by atoms with Gasteiger partial charge in [0, 0.05) is 23.5 Å². The molecule has 27 heavy (non-hydrogen) atoms. The van der Waals surface area contributed by atoms with Gasteiger partial charge in [-0.3, -0.25) is 4.79 Å². The van der Waals surface area contributed by atoms with Gasteiger partial charge >= 0.3 is 0 Å². The van der Waals surface area contributed by atoms with Crippen molar-refractivity contribution in [2.24, 2.45) is 4.99 Å². The lowest BCUT2D eigenvalue weighted by Crippen LogP contribution is -2.26. The Balaban J connectivity index is 1.97. The van der Waals surface area contributed by atoms with E-state index in [1.54, 1.807) is 6.92 Å². The maximum Gasteiger partial charge on any atom is 0.236 e. The summed E-state index contributed by atoms with van der Waals surface area (Å²) in [6, 6.07) is 3.35. The van der Waals surface area contributed by atoms with E-state index in [4.69, 9.17) is 19.1 Å². The zero-order valence-corrected chi connectivity index (χ0v) is 14.9. The fraction of sp³-hybridized carbons (Fsp3) is 0.211. The standard InChI is InChI=1S/C19H14ClF3N2O2/c1-9-7-24-15(23)6-13(9)16-10(2)25-19(17(20)18(16)26)27-8-11-3-4-12(21)5-14(11)22/h3-7,16H,8H2,1-2H3/i8D2. The Morgan fingerprint density at radius 1 is 1.26 bits per heavy atom. The topological polar surface area (TPSA) is 51.5 Å². The van der Waals surface area contributed by atoms with Crippen LogP contribution in [0.5, 0.6) is 0 Å². The van der Waals surface area contributed by atoms with Gasteiger partial charge in [0.15, 0.2) is 5.78 Å². The third-order valence-corrected chi connectivity index (χ3v) is 4.32. The number of benzene rings is 1. The molecule has 0 spiro atoms. The first-order valence-corrected chi connectivity index (χ1v) is 8.15. The number of hydrogen-bond donors (Lipinski definition) is 0. The molecule has 3 rings (SSSR count). The van der Waals surface area contributed by atoms with E-state index in [2.05, 4.69) is 9.98 Å². The Bertz CT molecular complexity index is 1070. The molecule has 1 aromatic heterocycles. The molecule has 0 saturated heterocycles. The SMILES string of the molecule is [2H]C([2H])(OC1=C(Cl)C(=O)C(c2cc(F)ncc2C)C(C)=N1)c1ccc(F)cc1F. The van der Waals surface area contributed by atoms with Gasteiger partial charge in [-0.05, 0) is 43.2 Å². The van der Waals surface area contributed by atoms with Crippen LogP contribution in [0.2, 0.25) is 0 Å². The lowest BCUT2D eigenvalue weighted by atomic mass is 9.87. The van der Waals surface area contributed by atoms with Crippen LogP contribution in [0, 0.1) is 24.5 Å². The van der Waals surface area contributed by atoms with Crippen molar-refractivity contribution in [2.45, 2.75) is 26.3 Å². The van der Waals surface area contributed by atoms with Crippen molar-refractivity contribution in [3.05, 3.63) is 75.7 Å². The van der Waals surface area contributed by atoms with Gasteiger partial charge in [0.2, 0.25) is 11.8 Å². The van der Waals surface area contributed by atoms with Crippen molar-refractivity contribution >= 4 is 23.1 Å². The first-order valence-electron chi connectivity index (χ1n) is 8.77. The summed E-state index contributed by atoms with van der Waals surface area (Å²) in [7, 11) is 0. The summed E-state index contributed by atoms with van der Waals surface area (Å²) in [6.07, 6.45) is 1.27. The smallest absolute Gasteiger partial charge is 0.236 e. The Morgan fingerprint density at radius 3 is 2.70 bits per heavy atom. The highest BCUT2D eigenvalue weighted by Gasteiger charge is 2.34. The van der Waals surface area contributed by atoms with Crippen molar-refractivity contribution in [2.75, 3.05) is 0 Å². The van der Waals surface area contributed by atoms with Crippen LogP contribution in [-0.2, 0) is 16.1 Å². The monoisotopic (exact) mass is 396 g/mol. The molecule has 0 fully saturated rings. The van der Waals surface area contributed by atoms with E-state index in [-0.39, 0.29) is 5.71 Å². The van der Waals surface area contributed by atoms with Gasteiger partial charge in [0.25, 0.3) is 0 Å². The molecule has 0 saturated carbocycles. The Hall–Kier alpha value is -2.67. The van der Waals surface area contributed by atoms with Crippen LogP contribution in [0.15, 0.2) is 46.4 Å². The van der Waals surface area contributed by atoms with Crippen LogP contribution in [0.3, 0.4) is 0 Å². The third kappa shape index (κ3) is 3.88. The first kappa shape index (κ1) is 16.5. The molecule has 140 valence electrons. The highest BCUT2D eigenvalue weighted by atomic mass is 35.5. The van der Waals surface area contributed by atoms with Crippen molar-refractivity contribution in [3.63, 3.8) is 0 Å². The number of carbonyl (C=O) groups excluding carboxylic acids is 1. The molecule has 2 heterocycles. The van der Waals surface area contributed by atoms with Crippen molar-refractivity contribution in [1.82, 2.24) is 4.98 Å². The number of aliphatic imine (C=N–C) groups is 1. The molecule has 1 unspecified atom stereocenters. The number of hydrogen-bond acceptors (Lipinski definition) is 4. The normalized spacial score (nSPS) is 18.8. The third-order valence-electron chi connectivity index (χ3n) is 3.97. The summed E-state index contributed by atoms with van der Waals surface area (Å²) in [6.45, 7) is 0.325. The Morgan fingerprint density at radius 2 is 2.00 bits per heavy atom. The summed E-state index contributed by atoms with van der Waals surface area (Å²) >= 11 is 6.06. The lowest BCUT2D eigenvalue weighted by molar-refractivity contribution is -0.115. The number of Topliss-reactive ketones (excluding diaryl/α,β-unsaturated/α-hetero) is 1. The second-order valence-electron chi connectivity index (χ2n) is 5.86. The molecule has 8 heteroatoms. The van der Waals surface area contributed by atoms with Crippen LogP contribution in [0.25, 0.3) is 0 Å². The zero-order valence-electron chi connectivity index (χ0n) is 16.2. The molecule has 0 aliphatic carbocycles. The Kier molecular flexibility index (Phi) is 4.60. The fourth-order valence-corrected chi connectivity index (χ4v) is 2.82. The average molecular weight is 397 g/mol. The molecule has 2 aromatic rings. The first-order chi connectivity index (χ1) is 13.5. The maximum absolute atomic E-state index is 14.0. The van der Waals surface area contributed by atoms with E-state index in [0.717, 1.165) is 18.2 Å². The summed E-state index contributed by atoms with van der Waals surface area (Å²) < 4.78 is 61.6. The number of ether oxygens (including phenoxy) is 1. The van der Waals surface area contributed by atoms with Crippen LogP contribution in [0.1, 0.15) is 32.3 Å². The van der Waals surface area contributed by atoms with Gasteiger partial charge in [-0.1, -0.05) is 11.6 Å². The largest absolute Gasteiger partial charge is 0.472 e. The number of rotatable bonds is 4. The molecule has 0 N–H and O–H groups in total. The average Bonchev–Trinajstić information content (AvgIpc) is 2.62. The predicted octanol–water partition coefficient (Wildman–Crippen LogP) is 4.56. The molecular weight excluding hydrogens is 381 g/mol. The number of aryl methyl sites for hydroxylation is 1. The molecular formula is C19H14ClF3N2O2. The van der Waals surface area contributed by atoms with Crippen molar-refractivity contribution in [1.29, 1.82) is 0 Å². The minimum absolute atomic E-state index is 0.179. The van der Waals surface area contributed by atoms with Crippen LogP contribution >= 0.6 is 11.6 Å². The second kappa shape index (κ2) is 7.52. The Labute approximate surface area is 161 Å². The van der Waals surface area contributed by atoms with Gasteiger partial charge in [0.05, 0.1) is 8.66 Å². The van der Waals surface area contributed by atoms with Crippen LogP contribution in [-0.4, -0.2) is 16.5 Å². The molecule has 1 aliphatic rings. The van der Waals surface area contributed by atoms with Gasteiger partial charge in [-0.15, -0.1) is 0 Å². The molecule has 1 atom stereocenters. The second-order valence-corrected chi connectivity index (χ2v) is 6.24. The summed E-state index contributed by atoms with van der Waals surface area (Å²) in [5.41, 5.74) is 0.439. The van der Waals surface area contributed by atoms with Gasteiger partial charge in [-0.2, -0.15) is 4.39 Å². The highest BCUT2D eigenvalue weighted by molar-refractivity contribution is 6.46. The summed E-state index contributed by atoms with van der Waals surface area (Å²) in [5, 5.41) is -0.524. The molecule has 0 amide bonds. The van der Waals surface area contributed by atoms with Crippen LogP contribution < -0.4 is 0 Å². The van der Waals surface area contributed by atoms with Gasteiger partial charge in [-0.25, -0.2) is 18.8 Å². The number of aromatic nitrogens is 1. The molecule has 0 radical (unpaired) electrons. The predicted molar refractivity (Wildman–Crippen MR) is 93.8 cm³/mol. The van der Waals surface area contributed by atoms with E-state index in [9.17, 15) is 18.0 Å². The number of allylic oxidation sites excluding steroid dienone is 1. The summed E-state index contributed by atoms with van der Waals surface area (Å²) in [4.78, 5) is 20.4. The van der Waals surface area contributed by atoms with E-state index < -0.39 is 52.3 Å². The zero-order chi connectivity index (χ0) is 21.5. The van der Waals surface area contributed by atoms with Gasteiger partial charge in [0.1, 0.15) is 23.2 Å². The van der Waals surface area contributed by atoms with Gasteiger partial charge < -0.3 is 4.74 Å².